The van der Waals surface area contributed by atoms with Gasteiger partial charge in [-0.2, -0.15) is 0 Å². The lowest BCUT2D eigenvalue weighted by Crippen LogP contribution is -1.86. The molecule has 6 heteroatoms. The fourth-order valence-corrected chi connectivity index (χ4v) is 1.99. The first-order chi connectivity index (χ1) is 6.79. The van der Waals surface area contributed by atoms with Gasteiger partial charge >= 0.3 is 0 Å². The van der Waals surface area contributed by atoms with Crippen molar-refractivity contribution in [1.82, 2.24) is 15.0 Å². The smallest absolute Gasteiger partial charge is 0.187 e. The average molecular weight is 224 g/mol. The molecule has 0 aliphatic rings. The lowest BCUT2D eigenvalue weighted by Gasteiger charge is -1.97. The first-order valence-corrected chi connectivity index (χ1v) is 5.92. The van der Waals surface area contributed by atoms with E-state index in [4.69, 9.17) is 5.73 Å². The van der Waals surface area contributed by atoms with E-state index in [-0.39, 0.29) is 0 Å². The summed E-state index contributed by atoms with van der Waals surface area (Å²) in [6.45, 7) is 0. The molecule has 0 fully saturated rings. The summed E-state index contributed by atoms with van der Waals surface area (Å²) in [7, 11) is 0. The Hall–Kier alpha value is -1.14. The normalized spacial score (nSPS) is 10.4. The van der Waals surface area contributed by atoms with Gasteiger partial charge in [-0.1, -0.05) is 23.1 Å². The van der Waals surface area contributed by atoms with Gasteiger partial charge in [0.05, 0.1) is 10.6 Å². The number of aromatic nitrogens is 3. The average Bonchev–Trinajstić information content (AvgIpc) is 2.65. The van der Waals surface area contributed by atoms with Crippen LogP contribution in [0.15, 0.2) is 23.6 Å². The largest absolute Gasteiger partial charge is 0.375 e. The van der Waals surface area contributed by atoms with E-state index < -0.39 is 0 Å². The Labute approximate surface area is 89.6 Å². The van der Waals surface area contributed by atoms with E-state index in [0.717, 1.165) is 15.7 Å². The SMILES string of the molecule is CSc1nccc(-c2cnc(N)s2)n1. The van der Waals surface area contributed by atoms with Crippen LogP contribution in [0.25, 0.3) is 10.6 Å². The van der Waals surface area contributed by atoms with E-state index in [1.807, 2.05) is 12.3 Å². The molecule has 0 atom stereocenters. The maximum absolute atomic E-state index is 5.55. The molecule has 72 valence electrons. The Morgan fingerprint density at radius 1 is 1.43 bits per heavy atom. The molecule has 4 nitrogen and oxygen atoms in total. The summed E-state index contributed by atoms with van der Waals surface area (Å²) >= 11 is 2.94. The molecule has 0 unspecified atom stereocenters. The van der Waals surface area contributed by atoms with Gasteiger partial charge in [0, 0.05) is 12.4 Å². The zero-order valence-corrected chi connectivity index (χ0v) is 9.10. The van der Waals surface area contributed by atoms with Gasteiger partial charge in [0.1, 0.15) is 0 Å². The molecule has 0 saturated carbocycles. The number of anilines is 1. The molecule has 0 aliphatic carbocycles. The standard InChI is InChI=1S/C8H8N4S2/c1-13-8-10-3-2-5(12-8)6-4-11-7(9)14-6/h2-4H,1H3,(H2,9,11). The number of nitrogen functional groups attached to an aromatic ring is 1. The minimum Gasteiger partial charge on any atom is -0.375 e. The number of thioether (sulfide) groups is 1. The third kappa shape index (κ3) is 1.85. The Bertz CT molecular complexity index is 440. The highest BCUT2D eigenvalue weighted by atomic mass is 32.2. The highest BCUT2D eigenvalue weighted by Crippen LogP contribution is 2.26. The number of hydrogen-bond donors (Lipinski definition) is 1. The van der Waals surface area contributed by atoms with Crippen molar-refractivity contribution in [2.45, 2.75) is 5.16 Å². The molecule has 2 aromatic rings. The van der Waals surface area contributed by atoms with Gasteiger partial charge in [-0.25, -0.2) is 15.0 Å². The van der Waals surface area contributed by atoms with Crippen LogP contribution in [0.1, 0.15) is 0 Å². The van der Waals surface area contributed by atoms with Gasteiger partial charge in [-0.3, -0.25) is 0 Å². The predicted octanol–water partition coefficient (Wildman–Crippen LogP) is 1.90. The minimum atomic E-state index is 0.560. The molecule has 0 bridgehead atoms. The Morgan fingerprint density at radius 3 is 2.93 bits per heavy atom. The van der Waals surface area contributed by atoms with Gasteiger partial charge in [-0.05, 0) is 12.3 Å². The van der Waals surface area contributed by atoms with Crippen LogP contribution in [0.4, 0.5) is 5.13 Å². The van der Waals surface area contributed by atoms with Gasteiger partial charge in [0.15, 0.2) is 10.3 Å². The van der Waals surface area contributed by atoms with Gasteiger partial charge in [0.2, 0.25) is 0 Å². The number of thiazole rings is 1. The molecule has 2 rings (SSSR count). The van der Waals surface area contributed by atoms with Crippen LogP contribution in [0.3, 0.4) is 0 Å². The third-order valence-corrected chi connectivity index (χ3v) is 3.00. The van der Waals surface area contributed by atoms with E-state index in [0.29, 0.717) is 5.13 Å². The van der Waals surface area contributed by atoms with E-state index in [2.05, 4.69) is 15.0 Å². The molecule has 0 spiro atoms. The van der Waals surface area contributed by atoms with Crippen molar-refractivity contribution >= 4 is 28.2 Å². The number of hydrogen-bond acceptors (Lipinski definition) is 6. The highest BCUT2D eigenvalue weighted by molar-refractivity contribution is 7.98. The zero-order valence-electron chi connectivity index (χ0n) is 7.47. The quantitative estimate of drug-likeness (QED) is 0.623. The van der Waals surface area contributed by atoms with Crippen molar-refractivity contribution in [2.24, 2.45) is 0 Å². The van der Waals surface area contributed by atoms with Crippen LogP contribution < -0.4 is 5.73 Å². The predicted molar refractivity (Wildman–Crippen MR) is 59.3 cm³/mol. The monoisotopic (exact) mass is 224 g/mol. The Kier molecular flexibility index (Phi) is 2.64. The van der Waals surface area contributed by atoms with Gasteiger partial charge < -0.3 is 5.73 Å². The fourth-order valence-electron chi connectivity index (χ4n) is 0.982. The molecule has 0 amide bonds. The Morgan fingerprint density at radius 2 is 2.29 bits per heavy atom. The maximum Gasteiger partial charge on any atom is 0.187 e. The van der Waals surface area contributed by atoms with Crippen molar-refractivity contribution < 1.29 is 0 Å². The van der Waals surface area contributed by atoms with Gasteiger partial charge in [-0.15, -0.1) is 0 Å². The fraction of sp³-hybridized carbons (Fsp3) is 0.125. The van der Waals surface area contributed by atoms with Crippen molar-refractivity contribution in [2.75, 3.05) is 12.0 Å². The first kappa shape index (κ1) is 9.42. The summed E-state index contributed by atoms with van der Waals surface area (Å²) in [6, 6.07) is 1.85. The van der Waals surface area contributed by atoms with Crippen LogP contribution in [0.2, 0.25) is 0 Å². The summed E-state index contributed by atoms with van der Waals surface area (Å²) in [5.41, 5.74) is 6.42. The molecule has 0 radical (unpaired) electrons. The van der Waals surface area contributed by atoms with Crippen LogP contribution in [-0.4, -0.2) is 21.2 Å². The maximum atomic E-state index is 5.55. The molecular formula is C8H8N4S2. The number of nitrogens with zero attached hydrogens (tertiary/aromatic N) is 3. The second-order valence-corrected chi connectivity index (χ2v) is 4.33. The number of nitrogens with two attached hydrogens (primary N) is 1. The Balaban J connectivity index is 2.41. The number of rotatable bonds is 2. The van der Waals surface area contributed by atoms with Crippen LogP contribution in [0.5, 0.6) is 0 Å². The minimum absolute atomic E-state index is 0.560. The molecule has 2 N–H and O–H groups in total. The molecule has 14 heavy (non-hydrogen) atoms. The second kappa shape index (κ2) is 3.93. The van der Waals surface area contributed by atoms with E-state index in [1.165, 1.54) is 23.1 Å². The summed E-state index contributed by atoms with van der Waals surface area (Å²) in [5, 5.41) is 1.32. The van der Waals surface area contributed by atoms with Crippen molar-refractivity contribution in [3.8, 4) is 10.6 Å². The zero-order chi connectivity index (χ0) is 9.97. The molecule has 0 saturated heterocycles. The first-order valence-electron chi connectivity index (χ1n) is 3.88. The second-order valence-electron chi connectivity index (χ2n) is 2.49. The van der Waals surface area contributed by atoms with Gasteiger partial charge in [0.25, 0.3) is 0 Å². The van der Waals surface area contributed by atoms with Crippen molar-refractivity contribution in [3.63, 3.8) is 0 Å². The topological polar surface area (TPSA) is 64.7 Å². The van der Waals surface area contributed by atoms with Crippen LogP contribution >= 0.6 is 23.1 Å². The van der Waals surface area contributed by atoms with Crippen LogP contribution in [0, 0.1) is 0 Å². The molecule has 2 heterocycles. The van der Waals surface area contributed by atoms with E-state index in [9.17, 15) is 0 Å². The van der Waals surface area contributed by atoms with E-state index >= 15 is 0 Å². The lowest BCUT2D eigenvalue weighted by atomic mass is 10.4. The highest BCUT2D eigenvalue weighted by Gasteiger charge is 2.04. The molecular weight excluding hydrogens is 216 g/mol. The third-order valence-electron chi connectivity index (χ3n) is 1.59. The summed E-state index contributed by atoms with van der Waals surface area (Å²) < 4.78 is 0. The summed E-state index contributed by atoms with van der Waals surface area (Å²) in [5.74, 6) is 0. The van der Waals surface area contributed by atoms with Crippen molar-refractivity contribution in [3.05, 3.63) is 18.5 Å². The van der Waals surface area contributed by atoms with Crippen molar-refractivity contribution in [1.29, 1.82) is 0 Å². The molecule has 0 aromatic carbocycles. The summed E-state index contributed by atoms with van der Waals surface area (Å²) in [6.07, 6.45) is 5.41. The van der Waals surface area contributed by atoms with Crippen LogP contribution in [-0.2, 0) is 0 Å². The molecule has 0 aliphatic heterocycles. The van der Waals surface area contributed by atoms with E-state index in [1.54, 1.807) is 12.4 Å². The summed E-state index contributed by atoms with van der Waals surface area (Å²) in [4.78, 5) is 13.4. The molecule has 2 aromatic heterocycles. The lowest BCUT2D eigenvalue weighted by molar-refractivity contribution is 0.978.